The van der Waals surface area contributed by atoms with Gasteiger partial charge < -0.3 is 15.3 Å². The second kappa shape index (κ2) is 5.56. The summed E-state index contributed by atoms with van der Waals surface area (Å²) >= 11 is 0. The zero-order chi connectivity index (χ0) is 14.8. The number of sulfonamides is 1. The van der Waals surface area contributed by atoms with E-state index >= 15 is 0 Å². The van der Waals surface area contributed by atoms with E-state index in [4.69, 9.17) is 10.2 Å². The number of hydrogen-bond acceptors (Lipinski definition) is 5. The van der Waals surface area contributed by atoms with Crippen molar-refractivity contribution in [1.29, 1.82) is 0 Å². The SMILES string of the molecule is CCN(Cc1ccco1)S(=O)(=O)c1ccc(O)c(N)c1. The minimum absolute atomic E-state index is 0.0279. The molecular formula is C13H16N2O4S. The van der Waals surface area contributed by atoms with Gasteiger partial charge in [-0.25, -0.2) is 8.42 Å². The van der Waals surface area contributed by atoms with Crippen LogP contribution in [0.4, 0.5) is 5.69 Å². The van der Waals surface area contributed by atoms with E-state index in [2.05, 4.69) is 0 Å². The number of nitrogen functional groups attached to an aromatic ring is 1. The van der Waals surface area contributed by atoms with Crippen molar-refractivity contribution in [3.63, 3.8) is 0 Å². The number of nitrogens with two attached hydrogens (primary N) is 1. The maximum atomic E-state index is 12.5. The van der Waals surface area contributed by atoms with E-state index in [-0.39, 0.29) is 22.9 Å². The van der Waals surface area contributed by atoms with Crippen molar-refractivity contribution in [1.82, 2.24) is 4.31 Å². The summed E-state index contributed by atoms with van der Waals surface area (Å²) in [5.74, 6) is 0.417. The van der Waals surface area contributed by atoms with Crippen LogP contribution in [0.3, 0.4) is 0 Å². The first-order valence-electron chi connectivity index (χ1n) is 6.06. The van der Waals surface area contributed by atoms with E-state index in [1.807, 2.05) is 0 Å². The van der Waals surface area contributed by atoms with E-state index in [1.165, 1.54) is 28.8 Å². The second-order valence-corrected chi connectivity index (χ2v) is 6.17. The number of benzene rings is 1. The molecule has 0 unspecified atom stereocenters. The molecule has 0 amide bonds. The van der Waals surface area contributed by atoms with Crippen LogP contribution in [0.1, 0.15) is 12.7 Å². The molecule has 7 heteroatoms. The minimum atomic E-state index is -3.68. The number of phenols is 1. The maximum Gasteiger partial charge on any atom is 0.243 e. The Kier molecular flexibility index (Phi) is 4.01. The maximum absolute atomic E-state index is 12.5. The monoisotopic (exact) mass is 296 g/mol. The van der Waals surface area contributed by atoms with Crippen LogP contribution in [0.25, 0.3) is 0 Å². The fourth-order valence-electron chi connectivity index (χ4n) is 1.79. The lowest BCUT2D eigenvalue weighted by atomic mass is 10.3. The number of anilines is 1. The first kappa shape index (κ1) is 14.4. The molecule has 3 N–H and O–H groups in total. The van der Waals surface area contributed by atoms with Crippen LogP contribution in [0.2, 0.25) is 0 Å². The van der Waals surface area contributed by atoms with Gasteiger partial charge in [-0.15, -0.1) is 0 Å². The molecule has 0 aliphatic rings. The Morgan fingerprint density at radius 3 is 2.65 bits per heavy atom. The van der Waals surface area contributed by atoms with Crippen molar-refractivity contribution in [2.45, 2.75) is 18.4 Å². The summed E-state index contributed by atoms with van der Waals surface area (Å²) in [6, 6.07) is 7.25. The molecule has 0 spiro atoms. The second-order valence-electron chi connectivity index (χ2n) is 4.23. The Bertz CT molecular complexity index is 680. The molecule has 20 heavy (non-hydrogen) atoms. The van der Waals surface area contributed by atoms with Gasteiger partial charge in [0.1, 0.15) is 11.5 Å². The molecule has 1 aromatic heterocycles. The molecule has 108 valence electrons. The highest BCUT2D eigenvalue weighted by Gasteiger charge is 2.24. The molecule has 2 rings (SSSR count). The quantitative estimate of drug-likeness (QED) is 0.647. The third kappa shape index (κ3) is 2.78. The summed E-state index contributed by atoms with van der Waals surface area (Å²) in [6.07, 6.45) is 1.49. The Labute approximate surface area is 117 Å². The lowest BCUT2D eigenvalue weighted by molar-refractivity contribution is 0.375. The molecule has 0 aliphatic carbocycles. The molecule has 0 fully saturated rings. The number of hydrogen-bond donors (Lipinski definition) is 2. The van der Waals surface area contributed by atoms with Gasteiger partial charge in [0.25, 0.3) is 0 Å². The van der Waals surface area contributed by atoms with Crippen LogP contribution in [0, 0.1) is 0 Å². The van der Waals surface area contributed by atoms with Crippen LogP contribution in [0.15, 0.2) is 45.9 Å². The zero-order valence-corrected chi connectivity index (χ0v) is 11.8. The van der Waals surface area contributed by atoms with Crippen LogP contribution in [0.5, 0.6) is 5.75 Å². The van der Waals surface area contributed by atoms with Gasteiger partial charge in [-0.1, -0.05) is 6.92 Å². The Balaban J connectivity index is 2.33. The van der Waals surface area contributed by atoms with Crippen molar-refractivity contribution in [3.8, 4) is 5.75 Å². The smallest absolute Gasteiger partial charge is 0.243 e. The highest BCUT2D eigenvalue weighted by molar-refractivity contribution is 7.89. The van der Waals surface area contributed by atoms with Gasteiger partial charge in [0.05, 0.1) is 23.4 Å². The highest BCUT2D eigenvalue weighted by Crippen LogP contribution is 2.26. The van der Waals surface area contributed by atoms with Crippen LogP contribution in [-0.2, 0) is 16.6 Å². The zero-order valence-electron chi connectivity index (χ0n) is 11.0. The Morgan fingerprint density at radius 1 is 1.35 bits per heavy atom. The summed E-state index contributed by atoms with van der Waals surface area (Å²) in [7, 11) is -3.68. The molecule has 0 radical (unpaired) electrons. The van der Waals surface area contributed by atoms with Crippen molar-refractivity contribution < 1.29 is 17.9 Å². The van der Waals surface area contributed by atoms with Crippen molar-refractivity contribution in [2.24, 2.45) is 0 Å². The number of nitrogens with zero attached hydrogens (tertiary/aromatic N) is 1. The van der Waals surface area contributed by atoms with Gasteiger partial charge in [-0.05, 0) is 30.3 Å². The average Bonchev–Trinajstić information content (AvgIpc) is 2.91. The van der Waals surface area contributed by atoms with Crippen LogP contribution < -0.4 is 5.73 Å². The first-order valence-corrected chi connectivity index (χ1v) is 7.50. The third-order valence-corrected chi connectivity index (χ3v) is 4.82. The fraction of sp³-hybridized carbons (Fsp3) is 0.231. The largest absolute Gasteiger partial charge is 0.506 e. The molecule has 6 nitrogen and oxygen atoms in total. The number of rotatable bonds is 5. The molecule has 0 bridgehead atoms. The van der Waals surface area contributed by atoms with Crippen LogP contribution in [-0.4, -0.2) is 24.4 Å². The van der Waals surface area contributed by atoms with Gasteiger partial charge in [-0.2, -0.15) is 4.31 Å². The number of aromatic hydroxyl groups is 1. The standard InChI is InChI=1S/C13H16N2O4S/c1-2-15(9-10-4-3-7-19-10)20(17,18)11-5-6-13(16)12(14)8-11/h3-8,16H,2,9,14H2,1H3. The van der Waals surface area contributed by atoms with Gasteiger partial charge in [0.15, 0.2) is 0 Å². The minimum Gasteiger partial charge on any atom is -0.506 e. The molecular weight excluding hydrogens is 280 g/mol. The summed E-state index contributed by atoms with van der Waals surface area (Å²) in [5, 5.41) is 9.36. The molecule has 0 saturated carbocycles. The molecule has 0 saturated heterocycles. The lowest BCUT2D eigenvalue weighted by Gasteiger charge is -2.19. The highest BCUT2D eigenvalue weighted by atomic mass is 32.2. The van der Waals surface area contributed by atoms with E-state index < -0.39 is 10.0 Å². The van der Waals surface area contributed by atoms with Crippen LogP contribution >= 0.6 is 0 Å². The predicted octanol–water partition coefficient (Wildman–Crippen LogP) is 1.78. The lowest BCUT2D eigenvalue weighted by Crippen LogP contribution is -2.30. The van der Waals surface area contributed by atoms with E-state index in [1.54, 1.807) is 19.1 Å². The fourth-order valence-corrected chi connectivity index (χ4v) is 3.24. The molecule has 1 heterocycles. The van der Waals surface area contributed by atoms with Gasteiger partial charge in [-0.3, -0.25) is 0 Å². The van der Waals surface area contributed by atoms with Crippen molar-refractivity contribution in [3.05, 3.63) is 42.4 Å². The summed E-state index contributed by atoms with van der Waals surface area (Å²) < 4.78 is 31.4. The summed E-state index contributed by atoms with van der Waals surface area (Å²) in [5.41, 5.74) is 5.57. The van der Waals surface area contributed by atoms with Gasteiger partial charge >= 0.3 is 0 Å². The van der Waals surface area contributed by atoms with E-state index in [0.717, 1.165) is 0 Å². The van der Waals surface area contributed by atoms with Crippen molar-refractivity contribution in [2.75, 3.05) is 12.3 Å². The molecule has 1 aromatic carbocycles. The number of furan rings is 1. The topological polar surface area (TPSA) is 96.8 Å². The molecule has 2 aromatic rings. The van der Waals surface area contributed by atoms with Gasteiger partial charge in [0.2, 0.25) is 10.0 Å². The first-order chi connectivity index (χ1) is 9.45. The van der Waals surface area contributed by atoms with E-state index in [9.17, 15) is 13.5 Å². The predicted molar refractivity (Wildman–Crippen MR) is 74.5 cm³/mol. The van der Waals surface area contributed by atoms with Crippen molar-refractivity contribution >= 4 is 15.7 Å². The molecule has 0 atom stereocenters. The average molecular weight is 296 g/mol. The Hall–Kier alpha value is -1.99. The third-order valence-electron chi connectivity index (χ3n) is 2.90. The number of phenolic OH excluding ortho intramolecular Hbond substituents is 1. The van der Waals surface area contributed by atoms with E-state index in [0.29, 0.717) is 12.3 Å². The van der Waals surface area contributed by atoms with Gasteiger partial charge in [0, 0.05) is 6.54 Å². The summed E-state index contributed by atoms with van der Waals surface area (Å²) in [4.78, 5) is 0.0428. The summed E-state index contributed by atoms with van der Waals surface area (Å²) in [6.45, 7) is 2.18. The molecule has 0 aliphatic heterocycles. The normalized spacial score (nSPS) is 11.9. The Morgan fingerprint density at radius 2 is 2.10 bits per heavy atom.